The van der Waals surface area contributed by atoms with E-state index in [0.717, 1.165) is 5.69 Å². The third kappa shape index (κ3) is 3.10. The summed E-state index contributed by atoms with van der Waals surface area (Å²) in [5.41, 5.74) is 1.53. The van der Waals surface area contributed by atoms with Gasteiger partial charge < -0.3 is 5.32 Å². The normalized spacial score (nSPS) is 10.5. The van der Waals surface area contributed by atoms with Crippen LogP contribution in [0, 0.1) is 17.1 Å². The lowest BCUT2D eigenvalue weighted by Crippen LogP contribution is -2.05. The van der Waals surface area contributed by atoms with Gasteiger partial charge in [0.2, 0.25) is 0 Å². The Morgan fingerprint density at radius 1 is 1.42 bits per heavy atom. The largest absolute Gasteiger partial charge is 0.377 e. The SMILES string of the molecule is CC(C)n1ccc(CNc2ccc(C#N)cc2F)n1. The van der Waals surface area contributed by atoms with Gasteiger partial charge in [0.15, 0.2) is 0 Å². The molecule has 0 spiro atoms. The van der Waals surface area contributed by atoms with Gasteiger partial charge in [-0.1, -0.05) is 0 Å². The van der Waals surface area contributed by atoms with E-state index in [1.165, 1.54) is 6.07 Å². The van der Waals surface area contributed by atoms with Crippen LogP contribution >= 0.6 is 0 Å². The maximum absolute atomic E-state index is 13.6. The molecule has 0 aliphatic heterocycles. The van der Waals surface area contributed by atoms with Crippen molar-refractivity contribution in [3.63, 3.8) is 0 Å². The second-order valence-corrected chi connectivity index (χ2v) is 4.54. The molecule has 1 aromatic heterocycles. The highest BCUT2D eigenvalue weighted by molar-refractivity contribution is 5.48. The van der Waals surface area contributed by atoms with Crippen LogP contribution in [0.25, 0.3) is 0 Å². The van der Waals surface area contributed by atoms with Crippen LogP contribution in [0.4, 0.5) is 10.1 Å². The second kappa shape index (κ2) is 5.53. The fourth-order valence-electron chi connectivity index (χ4n) is 1.67. The molecular formula is C14H15FN4. The van der Waals surface area contributed by atoms with E-state index in [0.29, 0.717) is 23.8 Å². The van der Waals surface area contributed by atoms with E-state index >= 15 is 0 Å². The van der Waals surface area contributed by atoms with Crippen LogP contribution in [-0.4, -0.2) is 9.78 Å². The number of nitriles is 1. The monoisotopic (exact) mass is 258 g/mol. The van der Waals surface area contributed by atoms with Crippen molar-refractivity contribution in [3.8, 4) is 6.07 Å². The molecule has 0 amide bonds. The summed E-state index contributed by atoms with van der Waals surface area (Å²) in [6.07, 6.45) is 1.90. The summed E-state index contributed by atoms with van der Waals surface area (Å²) >= 11 is 0. The third-order valence-electron chi connectivity index (χ3n) is 2.75. The maximum Gasteiger partial charge on any atom is 0.147 e. The predicted octanol–water partition coefficient (Wildman–Crippen LogP) is 3.09. The predicted molar refractivity (Wildman–Crippen MR) is 71.1 cm³/mol. The van der Waals surface area contributed by atoms with Crippen LogP contribution in [0.1, 0.15) is 31.1 Å². The highest BCUT2D eigenvalue weighted by Crippen LogP contribution is 2.16. The minimum Gasteiger partial charge on any atom is -0.377 e. The van der Waals surface area contributed by atoms with Crippen LogP contribution in [0.3, 0.4) is 0 Å². The third-order valence-corrected chi connectivity index (χ3v) is 2.75. The molecule has 98 valence electrons. The molecule has 1 aromatic carbocycles. The van der Waals surface area contributed by atoms with Crippen molar-refractivity contribution < 1.29 is 4.39 Å². The summed E-state index contributed by atoms with van der Waals surface area (Å²) in [5, 5.41) is 16.0. The van der Waals surface area contributed by atoms with E-state index in [4.69, 9.17) is 5.26 Å². The van der Waals surface area contributed by atoms with Crippen LogP contribution < -0.4 is 5.32 Å². The van der Waals surface area contributed by atoms with Gasteiger partial charge in [-0.05, 0) is 38.1 Å². The Hall–Kier alpha value is -2.35. The lowest BCUT2D eigenvalue weighted by Gasteiger charge is -2.07. The van der Waals surface area contributed by atoms with Gasteiger partial charge in [0.05, 0.1) is 29.6 Å². The number of benzene rings is 1. The van der Waals surface area contributed by atoms with Crippen molar-refractivity contribution in [2.24, 2.45) is 0 Å². The average Bonchev–Trinajstić information content (AvgIpc) is 2.86. The summed E-state index contributed by atoms with van der Waals surface area (Å²) in [5.74, 6) is -0.428. The van der Waals surface area contributed by atoms with Crippen molar-refractivity contribution in [1.29, 1.82) is 5.26 Å². The fraction of sp³-hybridized carbons (Fsp3) is 0.286. The first kappa shape index (κ1) is 13.1. The van der Waals surface area contributed by atoms with E-state index in [1.807, 2.05) is 36.9 Å². The fourth-order valence-corrected chi connectivity index (χ4v) is 1.67. The molecule has 0 aliphatic carbocycles. The van der Waals surface area contributed by atoms with Crippen LogP contribution in [0.5, 0.6) is 0 Å². The molecule has 2 rings (SSSR count). The van der Waals surface area contributed by atoms with Crippen molar-refractivity contribution in [1.82, 2.24) is 9.78 Å². The Kier molecular flexibility index (Phi) is 3.81. The molecule has 2 aromatic rings. The van der Waals surface area contributed by atoms with E-state index in [1.54, 1.807) is 12.1 Å². The van der Waals surface area contributed by atoms with Crippen LogP contribution in [0.2, 0.25) is 0 Å². The Labute approximate surface area is 111 Å². The molecule has 0 saturated carbocycles. The minimum atomic E-state index is -0.428. The van der Waals surface area contributed by atoms with E-state index in [2.05, 4.69) is 10.4 Å². The first-order valence-corrected chi connectivity index (χ1v) is 6.07. The van der Waals surface area contributed by atoms with Gasteiger partial charge in [0.25, 0.3) is 0 Å². The lowest BCUT2D eigenvalue weighted by molar-refractivity contribution is 0.527. The summed E-state index contributed by atoms with van der Waals surface area (Å²) < 4.78 is 15.5. The molecule has 0 radical (unpaired) electrons. The standard InChI is InChI=1S/C14H15FN4/c1-10(2)19-6-5-12(18-19)9-17-14-4-3-11(8-16)7-13(14)15/h3-7,10,17H,9H2,1-2H3. The topological polar surface area (TPSA) is 53.6 Å². The Morgan fingerprint density at radius 2 is 2.21 bits per heavy atom. The molecule has 4 nitrogen and oxygen atoms in total. The summed E-state index contributed by atoms with van der Waals surface area (Å²) in [6, 6.07) is 8.47. The van der Waals surface area contributed by atoms with Gasteiger partial charge in [-0.15, -0.1) is 0 Å². The summed E-state index contributed by atoms with van der Waals surface area (Å²) in [4.78, 5) is 0. The number of rotatable bonds is 4. The van der Waals surface area contributed by atoms with E-state index < -0.39 is 5.82 Å². The lowest BCUT2D eigenvalue weighted by atomic mass is 10.2. The first-order valence-electron chi connectivity index (χ1n) is 6.07. The van der Waals surface area contributed by atoms with Crippen molar-refractivity contribution in [3.05, 3.63) is 47.5 Å². The number of nitrogens with one attached hydrogen (secondary N) is 1. The van der Waals surface area contributed by atoms with Gasteiger partial charge in [0.1, 0.15) is 5.82 Å². The van der Waals surface area contributed by atoms with Crippen molar-refractivity contribution in [2.75, 3.05) is 5.32 Å². The molecule has 0 saturated heterocycles. The first-order chi connectivity index (χ1) is 9.10. The molecule has 19 heavy (non-hydrogen) atoms. The molecule has 5 heteroatoms. The molecule has 0 atom stereocenters. The smallest absolute Gasteiger partial charge is 0.147 e. The number of anilines is 1. The van der Waals surface area contributed by atoms with Gasteiger partial charge in [-0.25, -0.2) is 4.39 Å². The van der Waals surface area contributed by atoms with Crippen molar-refractivity contribution in [2.45, 2.75) is 26.4 Å². The molecular weight excluding hydrogens is 243 g/mol. The van der Waals surface area contributed by atoms with Gasteiger partial charge in [0, 0.05) is 12.2 Å². The quantitative estimate of drug-likeness (QED) is 0.916. The number of halogens is 1. The highest BCUT2D eigenvalue weighted by atomic mass is 19.1. The molecule has 0 aliphatic rings. The van der Waals surface area contributed by atoms with Gasteiger partial charge >= 0.3 is 0 Å². The summed E-state index contributed by atoms with van der Waals surface area (Å²) in [6.45, 7) is 4.54. The molecule has 1 heterocycles. The number of hydrogen-bond acceptors (Lipinski definition) is 3. The summed E-state index contributed by atoms with van der Waals surface area (Å²) in [7, 11) is 0. The molecule has 0 unspecified atom stereocenters. The Bertz CT molecular complexity index is 610. The molecule has 1 N–H and O–H groups in total. The zero-order chi connectivity index (χ0) is 13.8. The van der Waals surface area contributed by atoms with Crippen LogP contribution in [0.15, 0.2) is 30.5 Å². The number of hydrogen-bond donors (Lipinski definition) is 1. The van der Waals surface area contributed by atoms with Gasteiger partial charge in [-0.2, -0.15) is 10.4 Å². The zero-order valence-electron chi connectivity index (χ0n) is 10.9. The number of aromatic nitrogens is 2. The minimum absolute atomic E-state index is 0.306. The number of nitrogens with zero attached hydrogens (tertiary/aromatic N) is 3. The van der Waals surface area contributed by atoms with Crippen molar-refractivity contribution >= 4 is 5.69 Å². The second-order valence-electron chi connectivity index (χ2n) is 4.54. The van der Waals surface area contributed by atoms with E-state index in [-0.39, 0.29) is 0 Å². The average molecular weight is 258 g/mol. The molecule has 0 bridgehead atoms. The van der Waals surface area contributed by atoms with Gasteiger partial charge in [-0.3, -0.25) is 4.68 Å². The van der Waals surface area contributed by atoms with E-state index in [9.17, 15) is 4.39 Å². The maximum atomic E-state index is 13.6. The highest BCUT2D eigenvalue weighted by Gasteiger charge is 2.05. The Morgan fingerprint density at radius 3 is 2.79 bits per heavy atom. The molecule has 0 fully saturated rings. The van der Waals surface area contributed by atoms with Crippen LogP contribution in [-0.2, 0) is 6.54 Å². The Balaban J connectivity index is 2.04. The zero-order valence-corrected chi connectivity index (χ0v) is 10.9.